The summed E-state index contributed by atoms with van der Waals surface area (Å²) in [5.74, 6) is 0.287. The summed E-state index contributed by atoms with van der Waals surface area (Å²) in [5, 5.41) is 9.40. The van der Waals surface area contributed by atoms with Gasteiger partial charge in [-0.3, -0.25) is 4.79 Å². The van der Waals surface area contributed by atoms with Gasteiger partial charge in [0.1, 0.15) is 5.78 Å². The molecule has 0 aromatic carbocycles. The molecule has 1 rings (SSSR count). The monoisotopic (exact) mass is 170 g/mol. The summed E-state index contributed by atoms with van der Waals surface area (Å²) in [7, 11) is 0. The van der Waals surface area contributed by atoms with Crippen LogP contribution in [0.4, 0.5) is 0 Å². The Morgan fingerprint density at radius 3 is 2.33 bits per heavy atom. The lowest BCUT2D eigenvalue weighted by atomic mass is 9.74. The van der Waals surface area contributed by atoms with Gasteiger partial charge in [-0.15, -0.1) is 13.2 Å². The molecule has 0 aromatic heterocycles. The van der Waals surface area contributed by atoms with Crippen LogP contribution >= 0.6 is 0 Å². The van der Waals surface area contributed by atoms with Crippen molar-refractivity contribution in [3.05, 3.63) is 13.2 Å². The first-order valence-corrected chi connectivity index (χ1v) is 4.22. The Kier molecular flexibility index (Phi) is 4.18. The number of carbonyl (C=O) groups excluding carboxylic acids is 1. The predicted molar refractivity (Wildman–Crippen MR) is 49.9 cm³/mol. The molecule has 0 aromatic rings. The number of hydrogen-bond acceptors (Lipinski definition) is 2. The average Bonchev–Trinajstić information content (AvgIpc) is 2.01. The zero-order valence-corrected chi connectivity index (χ0v) is 7.97. The highest BCUT2D eigenvalue weighted by Gasteiger charge is 2.34. The van der Waals surface area contributed by atoms with Gasteiger partial charge in [0.15, 0.2) is 0 Å². The molecule has 70 valence electrons. The van der Waals surface area contributed by atoms with Gasteiger partial charge in [-0.05, 0) is 11.8 Å². The van der Waals surface area contributed by atoms with Crippen LogP contribution < -0.4 is 0 Å². The van der Waals surface area contributed by atoms with Gasteiger partial charge in [0.2, 0.25) is 0 Å². The zero-order valence-electron chi connectivity index (χ0n) is 7.97. The topological polar surface area (TPSA) is 37.3 Å². The third kappa shape index (κ3) is 2.78. The molecular formula is C10H18O2. The Balaban J connectivity index is 0.000000561. The third-order valence-electron chi connectivity index (χ3n) is 2.25. The van der Waals surface area contributed by atoms with E-state index in [2.05, 4.69) is 13.2 Å². The molecule has 1 fully saturated rings. The molecule has 1 aliphatic carbocycles. The molecule has 2 heteroatoms. The van der Waals surface area contributed by atoms with Gasteiger partial charge < -0.3 is 5.11 Å². The van der Waals surface area contributed by atoms with Crippen molar-refractivity contribution in [3.8, 4) is 0 Å². The smallest absolute Gasteiger partial charge is 0.133 e. The van der Waals surface area contributed by atoms with Crippen molar-refractivity contribution in [2.45, 2.75) is 39.2 Å². The van der Waals surface area contributed by atoms with Crippen molar-refractivity contribution in [2.24, 2.45) is 5.41 Å². The second-order valence-corrected chi connectivity index (χ2v) is 3.76. The van der Waals surface area contributed by atoms with Gasteiger partial charge >= 0.3 is 0 Å². The van der Waals surface area contributed by atoms with E-state index in [4.69, 9.17) is 0 Å². The molecule has 1 unspecified atom stereocenters. The Morgan fingerprint density at radius 2 is 2.00 bits per heavy atom. The lowest BCUT2D eigenvalue weighted by Crippen LogP contribution is -2.36. The Morgan fingerprint density at radius 1 is 1.50 bits per heavy atom. The minimum Gasteiger partial charge on any atom is -0.393 e. The van der Waals surface area contributed by atoms with Crippen LogP contribution in [-0.4, -0.2) is 17.0 Å². The van der Waals surface area contributed by atoms with Crippen molar-refractivity contribution in [1.82, 2.24) is 0 Å². The fourth-order valence-corrected chi connectivity index (χ4v) is 1.40. The molecule has 0 saturated heterocycles. The van der Waals surface area contributed by atoms with Crippen LogP contribution in [0, 0.1) is 5.41 Å². The molecule has 0 bridgehead atoms. The van der Waals surface area contributed by atoms with Crippen LogP contribution in [0.2, 0.25) is 0 Å². The third-order valence-corrected chi connectivity index (χ3v) is 2.25. The van der Waals surface area contributed by atoms with Gasteiger partial charge in [-0.2, -0.15) is 0 Å². The molecule has 1 aliphatic rings. The van der Waals surface area contributed by atoms with Gasteiger partial charge in [0, 0.05) is 12.8 Å². The molecule has 12 heavy (non-hydrogen) atoms. The second-order valence-electron chi connectivity index (χ2n) is 3.76. The molecular weight excluding hydrogens is 152 g/mol. The lowest BCUT2D eigenvalue weighted by molar-refractivity contribution is -0.127. The fourth-order valence-electron chi connectivity index (χ4n) is 1.40. The predicted octanol–water partition coefficient (Wildman–Crippen LogP) is 1.93. The Labute approximate surface area is 74.3 Å². The molecule has 0 spiro atoms. The summed E-state index contributed by atoms with van der Waals surface area (Å²) in [4.78, 5) is 10.9. The van der Waals surface area contributed by atoms with Crippen LogP contribution in [0.5, 0.6) is 0 Å². The molecule has 1 N–H and O–H groups in total. The number of Topliss-reactive ketones (excluding diaryl/α,β-unsaturated/α-hetero) is 1. The summed E-state index contributed by atoms with van der Waals surface area (Å²) < 4.78 is 0. The molecule has 0 amide bonds. The van der Waals surface area contributed by atoms with E-state index in [0.29, 0.717) is 19.3 Å². The maximum atomic E-state index is 10.9. The quantitative estimate of drug-likeness (QED) is 0.564. The fraction of sp³-hybridized carbons (Fsp3) is 0.700. The number of aliphatic hydroxyl groups excluding tert-OH is 1. The van der Waals surface area contributed by atoms with Crippen molar-refractivity contribution in [3.63, 3.8) is 0 Å². The van der Waals surface area contributed by atoms with Crippen LogP contribution in [0.3, 0.4) is 0 Å². The molecule has 0 radical (unpaired) electrons. The van der Waals surface area contributed by atoms with E-state index < -0.39 is 0 Å². The summed E-state index contributed by atoms with van der Waals surface area (Å²) in [6, 6.07) is 0. The lowest BCUT2D eigenvalue weighted by Gasteiger charge is -2.33. The van der Waals surface area contributed by atoms with Gasteiger partial charge in [0.25, 0.3) is 0 Å². The van der Waals surface area contributed by atoms with Gasteiger partial charge in [-0.1, -0.05) is 13.8 Å². The van der Waals surface area contributed by atoms with E-state index in [0.717, 1.165) is 0 Å². The largest absolute Gasteiger partial charge is 0.393 e. The number of rotatable bonds is 0. The summed E-state index contributed by atoms with van der Waals surface area (Å²) in [6.45, 7) is 9.88. The van der Waals surface area contributed by atoms with E-state index in [-0.39, 0.29) is 17.3 Å². The summed E-state index contributed by atoms with van der Waals surface area (Å²) in [6.07, 6.45) is 1.45. The molecule has 1 saturated carbocycles. The number of ketones is 1. The van der Waals surface area contributed by atoms with Gasteiger partial charge in [-0.25, -0.2) is 0 Å². The average molecular weight is 170 g/mol. The van der Waals surface area contributed by atoms with E-state index in [9.17, 15) is 9.90 Å². The molecule has 1 atom stereocenters. The van der Waals surface area contributed by atoms with Crippen LogP contribution in [-0.2, 0) is 4.79 Å². The van der Waals surface area contributed by atoms with E-state index >= 15 is 0 Å². The van der Waals surface area contributed by atoms with Crippen molar-refractivity contribution in [1.29, 1.82) is 0 Å². The highest BCUT2D eigenvalue weighted by Crippen LogP contribution is 2.33. The van der Waals surface area contributed by atoms with Crippen LogP contribution in [0.1, 0.15) is 33.1 Å². The van der Waals surface area contributed by atoms with Crippen LogP contribution in [0.25, 0.3) is 0 Å². The van der Waals surface area contributed by atoms with Crippen LogP contribution in [0.15, 0.2) is 13.2 Å². The van der Waals surface area contributed by atoms with Crippen molar-refractivity contribution >= 4 is 5.78 Å². The van der Waals surface area contributed by atoms with Crippen molar-refractivity contribution < 1.29 is 9.90 Å². The number of carbonyl (C=O) groups is 1. The first-order chi connectivity index (χ1) is 5.52. The summed E-state index contributed by atoms with van der Waals surface area (Å²) >= 11 is 0. The highest BCUT2D eigenvalue weighted by atomic mass is 16.3. The second kappa shape index (κ2) is 4.41. The van der Waals surface area contributed by atoms with Gasteiger partial charge in [0.05, 0.1) is 6.10 Å². The Bertz CT molecular complexity index is 161. The highest BCUT2D eigenvalue weighted by molar-refractivity contribution is 5.80. The maximum Gasteiger partial charge on any atom is 0.133 e. The van der Waals surface area contributed by atoms with E-state index in [1.54, 1.807) is 0 Å². The maximum absolute atomic E-state index is 10.9. The summed E-state index contributed by atoms with van der Waals surface area (Å²) in [5.41, 5.74) is -0.185. The SMILES string of the molecule is C=C.CC1(C)CC(=O)CCC1O. The zero-order chi connectivity index (χ0) is 9.78. The first-order valence-electron chi connectivity index (χ1n) is 4.22. The minimum atomic E-state index is -0.287. The number of hydrogen-bond donors (Lipinski definition) is 1. The standard InChI is InChI=1S/C8H14O2.C2H4/c1-8(2)5-6(9)3-4-7(8)10;1-2/h7,10H,3-5H2,1-2H3;1-2H2. The Hall–Kier alpha value is -0.630. The normalized spacial score (nSPS) is 27.2. The van der Waals surface area contributed by atoms with Crippen molar-refractivity contribution in [2.75, 3.05) is 0 Å². The van der Waals surface area contributed by atoms with E-state index in [1.165, 1.54) is 0 Å². The molecule has 0 aliphatic heterocycles. The first kappa shape index (κ1) is 11.4. The van der Waals surface area contributed by atoms with E-state index in [1.807, 2.05) is 13.8 Å². The molecule has 0 heterocycles. The number of aliphatic hydroxyl groups is 1. The molecule has 2 nitrogen and oxygen atoms in total. The minimum absolute atomic E-state index is 0.185.